The van der Waals surface area contributed by atoms with Gasteiger partial charge in [0.2, 0.25) is 0 Å². The molecule has 3 N–H and O–H groups in total. The molecule has 0 amide bonds. The van der Waals surface area contributed by atoms with Gasteiger partial charge in [-0.25, -0.2) is 10.1 Å². The number of nitrogen functional groups attached to an aromatic ring is 1. The summed E-state index contributed by atoms with van der Waals surface area (Å²) in [5.74, 6) is 6.53. The van der Waals surface area contributed by atoms with E-state index in [1.165, 1.54) is 11.0 Å². The molecule has 0 saturated heterocycles. The van der Waals surface area contributed by atoms with Crippen LogP contribution in [0.15, 0.2) is 50.7 Å². The van der Waals surface area contributed by atoms with Gasteiger partial charge in [0, 0.05) is 25.6 Å². The maximum atomic E-state index is 6.21. The van der Waals surface area contributed by atoms with E-state index in [2.05, 4.69) is 52.6 Å². The van der Waals surface area contributed by atoms with Crippen molar-refractivity contribution in [3.63, 3.8) is 0 Å². The number of nitrogens with zero attached hydrogens (tertiary/aromatic N) is 4. The number of hydrazone groups is 1. The minimum atomic E-state index is 0.266. The normalized spacial score (nSPS) is 11.1. The molecule has 1 aromatic heterocycles. The Hall–Kier alpha value is -1.81. The van der Waals surface area contributed by atoms with Crippen LogP contribution < -0.4 is 16.0 Å². The van der Waals surface area contributed by atoms with Crippen LogP contribution in [-0.2, 0) is 6.61 Å². The predicted molar refractivity (Wildman–Crippen MR) is 114 cm³/mol. The number of hydrogen-bond acceptors (Lipinski definition) is 6. The van der Waals surface area contributed by atoms with Gasteiger partial charge in [0.15, 0.2) is 0 Å². The highest BCUT2D eigenvalue weighted by Crippen LogP contribution is 2.33. The summed E-state index contributed by atoms with van der Waals surface area (Å²) in [6, 6.07) is 8.99. The third-order valence-corrected chi connectivity index (χ3v) is 5.00. The summed E-state index contributed by atoms with van der Waals surface area (Å²) < 4.78 is 8.80. The maximum Gasteiger partial charge on any atom is 0.263 e. The number of hydrogen-bond donors (Lipinski definition) is 2. The highest BCUT2D eigenvalue weighted by Gasteiger charge is 2.11. The molecule has 0 radical (unpaired) electrons. The van der Waals surface area contributed by atoms with Crippen LogP contribution in [0, 0.1) is 0 Å². The summed E-state index contributed by atoms with van der Waals surface area (Å²) in [4.78, 5) is 0. The van der Waals surface area contributed by atoms with Crippen LogP contribution in [0.2, 0.25) is 10.0 Å². The number of aromatic nitrogens is 3. The van der Waals surface area contributed by atoms with Gasteiger partial charge in [0.25, 0.3) is 5.95 Å². The van der Waals surface area contributed by atoms with Gasteiger partial charge in [-0.05, 0) is 40.2 Å². The van der Waals surface area contributed by atoms with E-state index in [9.17, 15) is 0 Å². The van der Waals surface area contributed by atoms with Crippen molar-refractivity contribution in [1.82, 2.24) is 14.9 Å². The van der Waals surface area contributed by atoms with Crippen LogP contribution in [0.3, 0.4) is 0 Å². The SMILES string of the molecule is Nn1cnnc1N/N=C/c1cc(Br)cc(Br)c1OCc1ccc(Cl)cc1Cl. The Bertz CT molecular complexity index is 995. The first-order chi connectivity index (χ1) is 12.9. The van der Waals surface area contributed by atoms with E-state index in [1.807, 2.05) is 18.2 Å². The molecule has 0 aliphatic rings. The Morgan fingerprint density at radius 1 is 1.26 bits per heavy atom. The minimum absolute atomic E-state index is 0.266. The van der Waals surface area contributed by atoms with Gasteiger partial charge in [-0.2, -0.15) is 5.10 Å². The minimum Gasteiger partial charge on any atom is -0.487 e. The summed E-state index contributed by atoms with van der Waals surface area (Å²) in [6.45, 7) is 0.266. The molecule has 0 aliphatic heterocycles. The molecule has 140 valence electrons. The van der Waals surface area contributed by atoms with Crippen molar-refractivity contribution in [3.8, 4) is 5.75 Å². The number of nitrogens with two attached hydrogens (primary N) is 1. The molecule has 0 fully saturated rings. The standard InChI is InChI=1S/C16H12Br2Cl2N6O/c17-11-3-10(6-22-24-16-25-23-8-26(16)21)15(13(18)4-11)27-7-9-1-2-12(19)5-14(9)20/h1-6,8H,7,21H2,(H,24,25)/b22-6+. The Labute approximate surface area is 181 Å². The first-order valence-corrected chi connectivity index (χ1v) is 9.78. The van der Waals surface area contributed by atoms with E-state index in [1.54, 1.807) is 18.3 Å². The van der Waals surface area contributed by atoms with Gasteiger partial charge >= 0.3 is 0 Å². The van der Waals surface area contributed by atoms with Crippen molar-refractivity contribution >= 4 is 67.2 Å². The zero-order valence-electron chi connectivity index (χ0n) is 13.5. The first kappa shape index (κ1) is 19.9. The van der Waals surface area contributed by atoms with Crippen LogP contribution in [0.25, 0.3) is 0 Å². The van der Waals surface area contributed by atoms with Crippen LogP contribution in [0.4, 0.5) is 5.95 Å². The van der Waals surface area contributed by atoms with E-state index in [-0.39, 0.29) is 6.61 Å². The van der Waals surface area contributed by atoms with Gasteiger partial charge in [-0.3, -0.25) is 0 Å². The average molecular weight is 535 g/mol. The molecule has 0 unspecified atom stereocenters. The van der Waals surface area contributed by atoms with Crippen LogP contribution in [-0.4, -0.2) is 21.1 Å². The predicted octanol–water partition coefficient (Wildman–Crippen LogP) is 4.85. The maximum absolute atomic E-state index is 6.21. The van der Waals surface area contributed by atoms with Crippen LogP contribution in [0.1, 0.15) is 11.1 Å². The van der Waals surface area contributed by atoms with E-state index in [0.29, 0.717) is 21.7 Å². The highest BCUT2D eigenvalue weighted by molar-refractivity contribution is 9.11. The van der Waals surface area contributed by atoms with E-state index in [4.69, 9.17) is 33.8 Å². The largest absolute Gasteiger partial charge is 0.487 e. The summed E-state index contributed by atoms with van der Waals surface area (Å²) in [6.07, 6.45) is 2.95. The lowest BCUT2D eigenvalue weighted by atomic mass is 10.2. The van der Waals surface area contributed by atoms with Crippen molar-refractivity contribution in [2.75, 3.05) is 11.3 Å². The number of halogens is 4. The Balaban J connectivity index is 1.80. The fraction of sp³-hybridized carbons (Fsp3) is 0.0625. The van der Waals surface area contributed by atoms with Gasteiger partial charge in [-0.1, -0.05) is 45.2 Å². The number of nitrogens with one attached hydrogen (secondary N) is 1. The lowest BCUT2D eigenvalue weighted by Gasteiger charge is -2.13. The topological polar surface area (TPSA) is 90.4 Å². The zero-order valence-corrected chi connectivity index (χ0v) is 18.2. The molecule has 27 heavy (non-hydrogen) atoms. The van der Waals surface area contributed by atoms with Crippen LogP contribution >= 0.6 is 55.1 Å². The monoisotopic (exact) mass is 532 g/mol. The second kappa shape index (κ2) is 8.92. The van der Waals surface area contributed by atoms with Crippen molar-refractivity contribution in [2.45, 2.75) is 6.61 Å². The molecule has 3 rings (SSSR count). The first-order valence-electron chi connectivity index (χ1n) is 7.44. The van der Waals surface area contributed by atoms with Crippen molar-refractivity contribution in [1.29, 1.82) is 0 Å². The Kier molecular flexibility index (Phi) is 6.59. The fourth-order valence-corrected chi connectivity index (χ4v) is 3.93. The summed E-state index contributed by atoms with van der Waals surface area (Å²) in [5.41, 5.74) is 4.24. The summed E-state index contributed by atoms with van der Waals surface area (Å²) in [7, 11) is 0. The molecule has 0 aliphatic carbocycles. The van der Waals surface area contributed by atoms with Gasteiger partial charge in [-0.15, -0.1) is 10.2 Å². The fourth-order valence-electron chi connectivity index (χ4n) is 2.10. The molecule has 7 nitrogen and oxygen atoms in total. The van der Waals surface area contributed by atoms with Crippen molar-refractivity contribution < 1.29 is 4.74 Å². The number of rotatable bonds is 6. The molecule has 11 heteroatoms. The molecule has 1 heterocycles. The number of benzene rings is 2. The van der Waals surface area contributed by atoms with E-state index >= 15 is 0 Å². The molecule has 0 bridgehead atoms. The quantitative estimate of drug-likeness (QED) is 0.268. The van der Waals surface area contributed by atoms with Crippen molar-refractivity contribution in [3.05, 3.63) is 66.8 Å². The third-order valence-electron chi connectivity index (χ3n) is 3.37. The number of ether oxygens (including phenoxy) is 1. The molecular formula is C16H12Br2Cl2N6O. The third kappa shape index (κ3) is 5.13. The van der Waals surface area contributed by atoms with Crippen LogP contribution in [0.5, 0.6) is 5.75 Å². The Morgan fingerprint density at radius 3 is 2.78 bits per heavy atom. The molecule has 0 atom stereocenters. The molecule has 0 spiro atoms. The number of anilines is 1. The van der Waals surface area contributed by atoms with Gasteiger partial charge < -0.3 is 10.6 Å². The van der Waals surface area contributed by atoms with Gasteiger partial charge in [0.05, 0.1) is 10.7 Å². The lowest BCUT2D eigenvalue weighted by Crippen LogP contribution is -2.10. The van der Waals surface area contributed by atoms with Gasteiger partial charge in [0.1, 0.15) is 18.7 Å². The van der Waals surface area contributed by atoms with E-state index < -0.39 is 0 Å². The lowest BCUT2D eigenvalue weighted by molar-refractivity contribution is 0.304. The highest BCUT2D eigenvalue weighted by atomic mass is 79.9. The molecular weight excluding hydrogens is 523 g/mol. The average Bonchev–Trinajstić information content (AvgIpc) is 3.00. The van der Waals surface area contributed by atoms with E-state index in [0.717, 1.165) is 20.1 Å². The zero-order chi connectivity index (χ0) is 19.4. The van der Waals surface area contributed by atoms with Crippen molar-refractivity contribution in [2.24, 2.45) is 5.10 Å². The Morgan fingerprint density at radius 2 is 2.07 bits per heavy atom. The molecule has 0 saturated carbocycles. The second-order valence-corrected chi connectivity index (χ2v) is 7.88. The summed E-state index contributed by atoms with van der Waals surface area (Å²) >= 11 is 19.1. The summed E-state index contributed by atoms with van der Waals surface area (Å²) in [5, 5.41) is 12.7. The molecule has 2 aromatic carbocycles. The second-order valence-electron chi connectivity index (χ2n) is 5.26. The smallest absolute Gasteiger partial charge is 0.263 e. The molecule has 3 aromatic rings.